The Kier molecular flexibility index (Phi) is 4.22. The van der Waals surface area contributed by atoms with Gasteiger partial charge >= 0.3 is 0 Å². The lowest BCUT2D eigenvalue weighted by atomic mass is 10.3. The van der Waals surface area contributed by atoms with Crippen molar-refractivity contribution in [2.24, 2.45) is 5.92 Å². The van der Waals surface area contributed by atoms with Gasteiger partial charge in [-0.1, -0.05) is 20.3 Å². The summed E-state index contributed by atoms with van der Waals surface area (Å²) in [7, 11) is 0. The molecule has 0 aromatic rings. The van der Waals surface area contributed by atoms with Gasteiger partial charge in [0.05, 0.1) is 6.54 Å². The molecule has 0 heterocycles. The first-order valence-electron chi connectivity index (χ1n) is 5.28. The second kappa shape index (κ2) is 5.22. The van der Waals surface area contributed by atoms with E-state index in [0.29, 0.717) is 12.6 Å². The van der Waals surface area contributed by atoms with E-state index in [1.54, 1.807) is 0 Å². The van der Waals surface area contributed by atoms with Crippen LogP contribution in [-0.2, 0) is 4.79 Å². The van der Waals surface area contributed by atoms with Gasteiger partial charge in [-0.05, 0) is 18.8 Å². The van der Waals surface area contributed by atoms with Gasteiger partial charge in [0.1, 0.15) is 0 Å². The second-order valence-electron chi connectivity index (χ2n) is 3.74. The van der Waals surface area contributed by atoms with Crippen molar-refractivity contribution in [3.63, 3.8) is 0 Å². The third kappa shape index (κ3) is 3.77. The maximum Gasteiger partial charge on any atom is 0.233 e. The average molecular weight is 184 g/mol. The molecule has 1 aliphatic carbocycles. The van der Waals surface area contributed by atoms with E-state index in [1.807, 2.05) is 0 Å². The van der Waals surface area contributed by atoms with E-state index in [2.05, 4.69) is 24.5 Å². The fourth-order valence-electron chi connectivity index (χ4n) is 1.50. The van der Waals surface area contributed by atoms with Gasteiger partial charge in [0, 0.05) is 12.6 Å². The van der Waals surface area contributed by atoms with E-state index in [-0.39, 0.29) is 5.91 Å². The zero-order valence-electron chi connectivity index (χ0n) is 8.60. The van der Waals surface area contributed by atoms with Crippen LogP contribution in [0.5, 0.6) is 0 Å². The summed E-state index contributed by atoms with van der Waals surface area (Å²) in [4.78, 5) is 11.2. The molecule has 3 heteroatoms. The maximum atomic E-state index is 11.2. The molecule has 3 nitrogen and oxygen atoms in total. The first kappa shape index (κ1) is 10.5. The monoisotopic (exact) mass is 184 g/mol. The minimum atomic E-state index is 0.128. The normalized spacial score (nSPS) is 25.7. The highest BCUT2D eigenvalue weighted by Gasteiger charge is 2.34. The van der Waals surface area contributed by atoms with Crippen molar-refractivity contribution in [3.05, 3.63) is 0 Å². The molecule has 0 spiro atoms. The smallest absolute Gasteiger partial charge is 0.233 e. The van der Waals surface area contributed by atoms with Crippen LogP contribution in [0, 0.1) is 5.92 Å². The van der Waals surface area contributed by atoms with E-state index in [0.717, 1.165) is 18.9 Å². The molecule has 0 aromatic carbocycles. The molecule has 76 valence electrons. The van der Waals surface area contributed by atoms with Gasteiger partial charge in [-0.15, -0.1) is 0 Å². The van der Waals surface area contributed by atoms with Gasteiger partial charge in [-0.25, -0.2) is 0 Å². The van der Waals surface area contributed by atoms with Crippen molar-refractivity contribution in [1.82, 2.24) is 10.6 Å². The maximum absolute atomic E-state index is 11.2. The molecule has 2 unspecified atom stereocenters. The Morgan fingerprint density at radius 2 is 2.23 bits per heavy atom. The number of carbonyl (C=O) groups excluding carboxylic acids is 1. The second-order valence-corrected chi connectivity index (χ2v) is 3.74. The van der Waals surface area contributed by atoms with Crippen molar-refractivity contribution in [2.75, 3.05) is 13.1 Å². The number of hydrogen-bond donors (Lipinski definition) is 2. The molecule has 1 fully saturated rings. The third-order valence-corrected chi connectivity index (χ3v) is 2.54. The van der Waals surface area contributed by atoms with Gasteiger partial charge in [0.15, 0.2) is 0 Å². The number of rotatable bonds is 6. The summed E-state index contributed by atoms with van der Waals surface area (Å²) in [6.07, 6.45) is 3.48. The van der Waals surface area contributed by atoms with Crippen molar-refractivity contribution >= 4 is 5.91 Å². The summed E-state index contributed by atoms with van der Waals surface area (Å²) < 4.78 is 0. The number of amides is 1. The van der Waals surface area contributed by atoms with Crippen LogP contribution in [-0.4, -0.2) is 25.0 Å². The summed E-state index contributed by atoms with van der Waals surface area (Å²) in [5.41, 5.74) is 0. The topological polar surface area (TPSA) is 41.1 Å². The van der Waals surface area contributed by atoms with Gasteiger partial charge in [0.2, 0.25) is 5.91 Å². The summed E-state index contributed by atoms with van der Waals surface area (Å²) in [6.45, 7) is 5.54. The predicted octanol–water partition coefficient (Wildman–Crippen LogP) is 0.901. The lowest BCUT2D eigenvalue weighted by Gasteiger charge is -2.04. The summed E-state index contributed by atoms with van der Waals surface area (Å²) in [5, 5.41) is 6.10. The molecule has 0 saturated heterocycles. The lowest BCUT2D eigenvalue weighted by Crippen LogP contribution is -2.35. The lowest BCUT2D eigenvalue weighted by molar-refractivity contribution is -0.120. The van der Waals surface area contributed by atoms with Crippen molar-refractivity contribution < 1.29 is 4.79 Å². The van der Waals surface area contributed by atoms with E-state index in [1.165, 1.54) is 12.8 Å². The van der Waals surface area contributed by atoms with Crippen molar-refractivity contribution in [2.45, 2.75) is 39.2 Å². The Morgan fingerprint density at radius 3 is 2.77 bits per heavy atom. The minimum absolute atomic E-state index is 0.128. The summed E-state index contributed by atoms with van der Waals surface area (Å²) >= 11 is 0. The Bertz CT molecular complexity index is 170. The molecule has 0 aliphatic heterocycles. The van der Waals surface area contributed by atoms with E-state index in [4.69, 9.17) is 0 Å². The quantitative estimate of drug-likeness (QED) is 0.644. The van der Waals surface area contributed by atoms with Gasteiger partial charge in [-0.3, -0.25) is 4.79 Å². The predicted molar refractivity (Wildman–Crippen MR) is 53.5 cm³/mol. The van der Waals surface area contributed by atoms with E-state index >= 15 is 0 Å². The molecule has 0 bridgehead atoms. The van der Waals surface area contributed by atoms with Crippen LogP contribution in [0.4, 0.5) is 0 Å². The first-order chi connectivity index (χ1) is 6.27. The fraction of sp³-hybridized carbons (Fsp3) is 0.900. The first-order valence-corrected chi connectivity index (χ1v) is 5.28. The van der Waals surface area contributed by atoms with Crippen molar-refractivity contribution in [3.8, 4) is 0 Å². The Balaban J connectivity index is 1.97. The van der Waals surface area contributed by atoms with Gasteiger partial charge in [0.25, 0.3) is 0 Å². The molecule has 2 N–H and O–H groups in total. The zero-order chi connectivity index (χ0) is 9.68. The van der Waals surface area contributed by atoms with Crippen LogP contribution in [0.25, 0.3) is 0 Å². The van der Waals surface area contributed by atoms with Gasteiger partial charge < -0.3 is 10.6 Å². The van der Waals surface area contributed by atoms with E-state index in [9.17, 15) is 4.79 Å². The van der Waals surface area contributed by atoms with Crippen LogP contribution >= 0.6 is 0 Å². The summed E-state index contributed by atoms with van der Waals surface area (Å²) in [5.74, 6) is 0.947. The average Bonchev–Trinajstić information content (AvgIpc) is 2.90. The molecule has 1 saturated carbocycles. The highest BCUT2D eigenvalue weighted by molar-refractivity contribution is 5.78. The largest absolute Gasteiger partial charge is 0.355 e. The van der Waals surface area contributed by atoms with Crippen LogP contribution in [0.2, 0.25) is 0 Å². The molecule has 1 aliphatic rings. The number of carbonyl (C=O) groups is 1. The van der Waals surface area contributed by atoms with Crippen LogP contribution in [0.1, 0.15) is 33.1 Å². The highest BCUT2D eigenvalue weighted by Crippen LogP contribution is 2.32. The van der Waals surface area contributed by atoms with Crippen LogP contribution in [0.15, 0.2) is 0 Å². The standard InChI is InChI=1S/C10H20N2O/c1-3-5-11-10(13)7-12-9-6-8(9)4-2/h8-9,12H,3-7H2,1-2H3,(H,11,13). The fourth-order valence-corrected chi connectivity index (χ4v) is 1.50. The molecule has 2 atom stereocenters. The minimum Gasteiger partial charge on any atom is -0.355 e. The Morgan fingerprint density at radius 1 is 1.46 bits per heavy atom. The Hall–Kier alpha value is -0.570. The van der Waals surface area contributed by atoms with E-state index < -0.39 is 0 Å². The van der Waals surface area contributed by atoms with Crippen molar-refractivity contribution in [1.29, 1.82) is 0 Å². The third-order valence-electron chi connectivity index (χ3n) is 2.54. The zero-order valence-corrected chi connectivity index (χ0v) is 8.60. The number of hydrogen-bond acceptors (Lipinski definition) is 2. The highest BCUT2D eigenvalue weighted by atomic mass is 16.1. The summed E-state index contributed by atoms with van der Waals surface area (Å²) in [6, 6.07) is 0.609. The van der Waals surface area contributed by atoms with Crippen LogP contribution in [0.3, 0.4) is 0 Å². The molecule has 1 rings (SSSR count). The molecule has 0 radical (unpaired) electrons. The molecule has 13 heavy (non-hydrogen) atoms. The number of nitrogens with one attached hydrogen (secondary N) is 2. The van der Waals surface area contributed by atoms with Crippen LogP contribution < -0.4 is 10.6 Å². The molecular weight excluding hydrogens is 164 g/mol. The van der Waals surface area contributed by atoms with Gasteiger partial charge in [-0.2, -0.15) is 0 Å². The molecular formula is C10H20N2O. The molecule has 0 aromatic heterocycles. The SMILES string of the molecule is CCCNC(=O)CNC1CC1CC. The molecule has 1 amide bonds. The Labute approximate surface area is 80.3 Å².